The fourth-order valence-electron chi connectivity index (χ4n) is 3.83. The van der Waals surface area contributed by atoms with E-state index in [0.717, 1.165) is 36.7 Å². The summed E-state index contributed by atoms with van der Waals surface area (Å²) in [6, 6.07) is 5.11. The predicted molar refractivity (Wildman–Crippen MR) is 107 cm³/mol. The molecule has 1 atom stereocenters. The fourth-order valence-corrected chi connectivity index (χ4v) is 3.83. The summed E-state index contributed by atoms with van der Waals surface area (Å²) in [6.45, 7) is 3.07. The Morgan fingerprint density at radius 3 is 3.21 bits per heavy atom. The topological polar surface area (TPSA) is 40.1 Å². The van der Waals surface area contributed by atoms with Gasteiger partial charge in [-0.3, -0.25) is 9.89 Å². The molecule has 1 N–H and O–H groups in total. The van der Waals surface area contributed by atoms with Gasteiger partial charge >= 0.3 is 0 Å². The molecule has 5 rings (SSSR count). The van der Waals surface area contributed by atoms with E-state index in [1.54, 1.807) is 18.2 Å². The highest BCUT2D eigenvalue weighted by molar-refractivity contribution is 5.97. The number of rotatable bonds is 0. The van der Waals surface area contributed by atoms with Gasteiger partial charge in [0, 0.05) is 30.4 Å². The Kier molecular flexibility index (Phi) is 4.35. The summed E-state index contributed by atoms with van der Waals surface area (Å²) >= 11 is 0. The summed E-state index contributed by atoms with van der Waals surface area (Å²) in [5.41, 5.74) is 4.28. The molecular weight excluding hydrogens is 355 g/mol. The number of allylic oxidation sites excluding steroid dienone is 2. The van der Waals surface area contributed by atoms with E-state index in [2.05, 4.69) is 28.1 Å². The number of hydrogen-bond donors (Lipinski definition) is 1. The van der Waals surface area contributed by atoms with Crippen LogP contribution in [-0.4, -0.2) is 47.9 Å². The molecule has 6 heteroatoms. The van der Waals surface area contributed by atoms with Gasteiger partial charge < -0.3 is 15.0 Å². The molecular formula is C22H21FN4O. The van der Waals surface area contributed by atoms with Gasteiger partial charge in [-0.1, -0.05) is 12.2 Å². The van der Waals surface area contributed by atoms with Crippen molar-refractivity contribution in [1.29, 1.82) is 0 Å². The molecule has 0 radical (unpaired) electrons. The van der Waals surface area contributed by atoms with E-state index in [1.165, 1.54) is 6.07 Å². The maximum Gasteiger partial charge on any atom is 0.131 e. The minimum absolute atomic E-state index is 0.197. The van der Waals surface area contributed by atoms with Crippen molar-refractivity contribution < 1.29 is 9.13 Å². The molecule has 4 bridgehead atoms. The van der Waals surface area contributed by atoms with Crippen LogP contribution in [0.2, 0.25) is 0 Å². The van der Waals surface area contributed by atoms with Crippen LogP contribution in [0, 0.1) is 5.82 Å². The van der Waals surface area contributed by atoms with E-state index in [9.17, 15) is 4.39 Å². The van der Waals surface area contributed by atoms with E-state index in [-0.39, 0.29) is 11.9 Å². The van der Waals surface area contributed by atoms with Crippen LogP contribution in [-0.2, 0) is 0 Å². The third-order valence-corrected chi connectivity index (χ3v) is 5.32. The lowest BCUT2D eigenvalue weighted by Gasteiger charge is -2.32. The van der Waals surface area contributed by atoms with Crippen LogP contribution in [0.5, 0.6) is 5.75 Å². The van der Waals surface area contributed by atoms with Gasteiger partial charge in [0.25, 0.3) is 0 Å². The number of ether oxygens (including phenoxy) is 1. The highest BCUT2D eigenvalue weighted by atomic mass is 19.1. The molecule has 0 fully saturated rings. The molecule has 142 valence electrons. The summed E-state index contributed by atoms with van der Waals surface area (Å²) < 4.78 is 20.7. The standard InChI is InChI=1S/C22H21FN4O/c23-20-7-6-17-14-19(20)18-5-3-11-27-12-8-21(25-22(18)27)24-9-13-26-10-2-1-4-16(26)15-28-17/h1,4-8,11-12,14,16H,2,9-10,13,15H2,(H,24,25). The van der Waals surface area contributed by atoms with Crippen LogP contribution in [0.4, 0.5) is 4.39 Å². The number of hydrogen-bond acceptors (Lipinski definition) is 5. The Labute approximate surface area is 163 Å². The van der Waals surface area contributed by atoms with Crippen LogP contribution in [0.15, 0.2) is 71.4 Å². The molecule has 28 heavy (non-hydrogen) atoms. The first-order valence-electron chi connectivity index (χ1n) is 9.56. The number of nitrogens with one attached hydrogen (secondary N) is 1. The van der Waals surface area contributed by atoms with Gasteiger partial charge in [0.2, 0.25) is 0 Å². The van der Waals surface area contributed by atoms with Crippen molar-refractivity contribution in [3.8, 4) is 5.75 Å². The monoisotopic (exact) mass is 376 g/mol. The van der Waals surface area contributed by atoms with Crippen molar-refractivity contribution in [3.05, 3.63) is 77.8 Å². The third kappa shape index (κ3) is 3.17. The average molecular weight is 376 g/mol. The minimum Gasteiger partial charge on any atom is -0.492 e. The first-order chi connectivity index (χ1) is 13.8. The number of amidine groups is 1. The maximum absolute atomic E-state index is 14.7. The zero-order valence-corrected chi connectivity index (χ0v) is 15.4. The van der Waals surface area contributed by atoms with Gasteiger partial charge in [-0.05, 0) is 36.8 Å². The van der Waals surface area contributed by atoms with Gasteiger partial charge in [0.1, 0.15) is 29.8 Å². The smallest absolute Gasteiger partial charge is 0.131 e. The number of fused-ring (bicyclic) bond motifs is 5. The zero-order chi connectivity index (χ0) is 18.9. The van der Waals surface area contributed by atoms with E-state index in [4.69, 9.17) is 9.73 Å². The maximum atomic E-state index is 14.7. The molecule has 1 aromatic carbocycles. The predicted octanol–water partition coefficient (Wildman–Crippen LogP) is 3.02. The van der Waals surface area contributed by atoms with Gasteiger partial charge in [0.15, 0.2) is 0 Å². The quantitative estimate of drug-likeness (QED) is 0.558. The Hall–Kier alpha value is -3.08. The van der Waals surface area contributed by atoms with Crippen LogP contribution >= 0.6 is 0 Å². The van der Waals surface area contributed by atoms with Crippen molar-refractivity contribution in [2.75, 3.05) is 26.2 Å². The highest BCUT2D eigenvalue weighted by Crippen LogP contribution is 2.30. The molecule has 4 heterocycles. The van der Waals surface area contributed by atoms with Crippen LogP contribution in [0.25, 0.3) is 5.57 Å². The normalized spacial score (nSPS) is 23.5. The third-order valence-electron chi connectivity index (χ3n) is 5.32. The summed E-state index contributed by atoms with van der Waals surface area (Å²) in [5, 5.41) is 3.34. The Balaban J connectivity index is 1.60. The lowest BCUT2D eigenvalue weighted by atomic mass is 10.0. The Bertz CT molecular complexity index is 984. The Morgan fingerprint density at radius 2 is 2.25 bits per heavy atom. The average Bonchev–Trinajstić information content (AvgIpc) is 2.73. The molecule has 4 aliphatic rings. The second kappa shape index (κ2) is 7.15. The molecule has 5 nitrogen and oxygen atoms in total. The van der Waals surface area contributed by atoms with Crippen LogP contribution in [0.1, 0.15) is 12.0 Å². The van der Waals surface area contributed by atoms with E-state index in [1.807, 2.05) is 23.4 Å². The Morgan fingerprint density at radius 1 is 1.29 bits per heavy atom. The van der Waals surface area contributed by atoms with Gasteiger partial charge in [-0.2, -0.15) is 0 Å². The van der Waals surface area contributed by atoms with E-state index >= 15 is 0 Å². The second-order valence-corrected chi connectivity index (χ2v) is 7.09. The van der Waals surface area contributed by atoms with Crippen molar-refractivity contribution in [2.45, 2.75) is 12.5 Å². The number of nitrogens with zero attached hydrogens (tertiary/aromatic N) is 3. The minimum atomic E-state index is -0.295. The van der Waals surface area contributed by atoms with Gasteiger partial charge in [-0.15, -0.1) is 5.73 Å². The number of aliphatic imine (C=N–C) groups is 1. The summed E-state index contributed by atoms with van der Waals surface area (Å²) in [5.74, 6) is 1.92. The van der Waals surface area contributed by atoms with Crippen molar-refractivity contribution in [1.82, 2.24) is 15.1 Å². The largest absolute Gasteiger partial charge is 0.492 e. The highest BCUT2D eigenvalue weighted by Gasteiger charge is 2.23. The molecule has 0 aliphatic carbocycles. The van der Waals surface area contributed by atoms with E-state index < -0.39 is 0 Å². The first-order valence-corrected chi connectivity index (χ1v) is 9.56. The molecule has 0 amide bonds. The van der Waals surface area contributed by atoms with Crippen LogP contribution in [0.3, 0.4) is 0 Å². The summed E-state index contributed by atoms with van der Waals surface area (Å²) in [6.07, 6.45) is 12.9. The molecule has 4 aliphatic heterocycles. The first kappa shape index (κ1) is 17.0. The van der Waals surface area contributed by atoms with Crippen molar-refractivity contribution in [3.63, 3.8) is 0 Å². The summed E-state index contributed by atoms with van der Waals surface area (Å²) in [4.78, 5) is 8.98. The van der Waals surface area contributed by atoms with Crippen LogP contribution < -0.4 is 10.1 Å². The van der Waals surface area contributed by atoms with E-state index in [0.29, 0.717) is 24.5 Å². The summed E-state index contributed by atoms with van der Waals surface area (Å²) in [7, 11) is 0. The van der Waals surface area contributed by atoms with Crippen molar-refractivity contribution >= 4 is 11.4 Å². The number of halogens is 1. The zero-order valence-electron chi connectivity index (χ0n) is 15.4. The molecule has 0 aromatic heterocycles. The molecule has 1 aromatic rings. The lowest BCUT2D eigenvalue weighted by Crippen LogP contribution is -2.42. The van der Waals surface area contributed by atoms with Gasteiger partial charge in [-0.25, -0.2) is 4.39 Å². The molecule has 0 spiro atoms. The lowest BCUT2D eigenvalue weighted by molar-refractivity contribution is 0.162. The van der Waals surface area contributed by atoms with Crippen molar-refractivity contribution in [2.24, 2.45) is 4.99 Å². The van der Waals surface area contributed by atoms with Gasteiger partial charge in [0.05, 0.1) is 18.8 Å². The molecule has 0 saturated heterocycles. The second-order valence-electron chi connectivity index (χ2n) is 7.09. The fraction of sp³-hybridized carbons (Fsp3) is 0.273. The molecule has 0 saturated carbocycles. The molecule has 1 unspecified atom stereocenters. The SMILES string of the molecule is Fc1ccc2cc1C1=C3NC(=NCCN4CCC=CC4CO2)C=CN3C=C=C1. The number of benzene rings is 1.